The molecule has 0 aliphatic carbocycles. The summed E-state index contributed by atoms with van der Waals surface area (Å²) in [6.07, 6.45) is 1.04. The summed E-state index contributed by atoms with van der Waals surface area (Å²) in [6.45, 7) is 1.81. The van der Waals surface area contributed by atoms with Gasteiger partial charge in [-0.2, -0.15) is 0 Å². The second-order valence-corrected chi connectivity index (χ2v) is 10.7. The maximum Gasteiger partial charge on any atom is 0.253 e. The van der Waals surface area contributed by atoms with Crippen LogP contribution in [0.1, 0.15) is 22.8 Å². The Kier molecular flexibility index (Phi) is 8.63. The third-order valence-corrected chi connectivity index (χ3v) is 7.13. The van der Waals surface area contributed by atoms with Crippen LogP contribution in [-0.2, 0) is 21.4 Å². The highest BCUT2D eigenvalue weighted by molar-refractivity contribution is 7.92. The van der Waals surface area contributed by atoms with Crippen LogP contribution < -0.4 is 19.7 Å². The highest BCUT2D eigenvalue weighted by Crippen LogP contribution is 2.27. The molecule has 8 nitrogen and oxygen atoms in total. The number of anilines is 2. The molecule has 0 aliphatic heterocycles. The molecule has 1 atom stereocenters. The van der Waals surface area contributed by atoms with Crippen LogP contribution in [0.5, 0.6) is 11.5 Å². The fourth-order valence-corrected chi connectivity index (χ4v) is 5.17. The molecule has 0 heterocycles. The van der Waals surface area contributed by atoms with Crippen molar-refractivity contribution in [1.29, 1.82) is 0 Å². The predicted molar refractivity (Wildman–Crippen MR) is 152 cm³/mol. The summed E-state index contributed by atoms with van der Waals surface area (Å²) in [4.78, 5) is 26.1. The number of nitrogens with one attached hydrogen (secondary N) is 2. The van der Waals surface area contributed by atoms with Crippen LogP contribution in [0.25, 0.3) is 0 Å². The Morgan fingerprint density at radius 2 is 1.36 bits per heavy atom. The number of para-hydroxylation sites is 2. The van der Waals surface area contributed by atoms with E-state index in [9.17, 15) is 18.0 Å². The fourth-order valence-electron chi connectivity index (χ4n) is 4.00. The van der Waals surface area contributed by atoms with Crippen LogP contribution in [0, 0.1) is 0 Å². The van der Waals surface area contributed by atoms with Crippen LogP contribution in [0.4, 0.5) is 11.4 Å². The van der Waals surface area contributed by atoms with Crippen molar-refractivity contribution in [1.82, 2.24) is 5.32 Å². The topological polar surface area (TPSA) is 105 Å². The van der Waals surface area contributed by atoms with E-state index in [0.717, 1.165) is 16.1 Å². The van der Waals surface area contributed by atoms with Gasteiger partial charge in [0.25, 0.3) is 5.91 Å². The molecule has 200 valence electrons. The van der Waals surface area contributed by atoms with Crippen LogP contribution in [0.3, 0.4) is 0 Å². The Hall–Kier alpha value is -4.63. The lowest BCUT2D eigenvalue weighted by molar-refractivity contribution is -0.116. The molecule has 0 aromatic heterocycles. The van der Waals surface area contributed by atoms with E-state index < -0.39 is 22.0 Å². The van der Waals surface area contributed by atoms with E-state index in [1.165, 1.54) is 6.92 Å². The third-order valence-electron chi connectivity index (χ3n) is 5.88. The first-order chi connectivity index (χ1) is 18.7. The van der Waals surface area contributed by atoms with Gasteiger partial charge >= 0.3 is 0 Å². The highest BCUT2D eigenvalue weighted by atomic mass is 32.2. The summed E-state index contributed by atoms with van der Waals surface area (Å²) in [6, 6.07) is 30.5. The summed E-state index contributed by atoms with van der Waals surface area (Å²) >= 11 is 0. The Morgan fingerprint density at radius 1 is 0.795 bits per heavy atom. The molecule has 9 heteroatoms. The van der Waals surface area contributed by atoms with Gasteiger partial charge in [-0.15, -0.1) is 0 Å². The molecule has 4 rings (SSSR count). The minimum absolute atomic E-state index is 0.266. The lowest BCUT2D eigenvalue weighted by Crippen LogP contribution is -2.45. The number of sulfonamides is 1. The van der Waals surface area contributed by atoms with Crippen LogP contribution >= 0.6 is 0 Å². The Balaban J connectivity index is 1.49. The molecular formula is C30H29N3O5S. The highest BCUT2D eigenvalue weighted by Gasteiger charge is 2.30. The number of carbonyl (C=O) groups excluding carboxylic acids is 2. The molecule has 0 unspecified atom stereocenters. The zero-order valence-corrected chi connectivity index (χ0v) is 22.4. The largest absolute Gasteiger partial charge is 0.457 e. The predicted octanol–water partition coefficient (Wildman–Crippen LogP) is 5.20. The van der Waals surface area contributed by atoms with E-state index in [-0.39, 0.29) is 17.2 Å². The van der Waals surface area contributed by atoms with Crippen molar-refractivity contribution in [2.75, 3.05) is 15.9 Å². The number of carbonyl (C=O) groups is 2. The van der Waals surface area contributed by atoms with E-state index in [4.69, 9.17) is 4.74 Å². The lowest BCUT2D eigenvalue weighted by atomic mass is 10.1. The third kappa shape index (κ3) is 7.24. The molecule has 0 bridgehead atoms. The molecule has 0 saturated carbocycles. The van der Waals surface area contributed by atoms with E-state index >= 15 is 0 Å². The standard InChI is InChI=1S/C30H29N3O5S/c1-22(33(39(2,36)37)24-17-19-26(20-18-24)38-25-13-7-4-8-14-25)29(34)32-28-16-10-9-15-27(28)30(35)31-21-23-11-5-3-6-12-23/h3-20,22H,21H2,1-2H3,(H,31,35)(H,32,34)/t22-/m1/s1. The minimum Gasteiger partial charge on any atom is -0.457 e. The van der Waals surface area contributed by atoms with Gasteiger partial charge in [-0.05, 0) is 61.0 Å². The van der Waals surface area contributed by atoms with Crippen LogP contribution in [0.15, 0.2) is 109 Å². The SMILES string of the molecule is C[C@H](C(=O)Nc1ccccc1C(=O)NCc1ccccc1)N(c1ccc(Oc2ccccc2)cc1)S(C)(=O)=O. The molecule has 4 aromatic carbocycles. The smallest absolute Gasteiger partial charge is 0.253 e. The number of rotatable bonds is 10. The average Bonchev–Trinajstić information content (AvgIpc) is 2.93. The second-order valence-electron chi connectivity index (χ2n) is 8.85. The van der Waals surface area contributed by atoms with Gasteiger partial charge in [-0.3, -0.25) is 13.9 Å². The van der Waals surface area contributed by atoms with Crippen molar-refractivity contribution in [3.8, 4) is 11.5 Å². The van der Waals surface area contributed by atoms with Crippen LogP contribution in [0.2, 0.25) is 0 Å². The van der Waals surface area contributed by atoms with Gasteiger partial charge in [0.05, 0.1) is 23.2 Å². The van der Waals surface area contributed by atoms with Gasteiger partial charge in [-0.1, -0.05) is 60.7 Å². The minimum atomic E-state index is -3.84. The molecule has 0 aliphatic rings. The monoisotopic (exact) mass is 543 g/mol. The summed E-state index contributed by atoms with van der Waals surface area (Å²) in [7, 11) is -3.84. The van der Waals surface area contributed by atoms with E-state index in [0.29, 0.717) is 23.7 Å². The average molecular weight is 544 g/mol. The number of hydrogen-bond donors (Lipinski definition) is 2. The number of benzene rings is 4. The first kappa shape index (κ1) is 27.4. The molecule has 0 fully saturated rings. The van der Waals surface area contributed by atoms with Gasteiger partial charge in [-0.25, -0.2) is 8.42 Å². The van der Waals surface area contributed by atoms with Crippen molar-refractivity contribution in [3.63, 3.8) is 0 Å². The van der Waals surface area contributed by atoms with Crippen molar-refractivity contribution in [2.45, 2.75) is 19.5 Å². The number of hydrogen-bond acceptors (Lipinski definition) is 5. The van der Waals surface area contributed by atoms with Crippen molar-refractivity contribution >= 4 is 33.2 Å². The van der Waals surface area contributed by atoms with Gasteiger partial charge in [0, 0.05) is 6.54 Å². The van der Waals surface area contributed by atoms with Crippen molar-refractivity contribution < 1.29 is 22.7 Å². The second kappa shape index (κ2) is 12.3. The molecule has 39 heavy (non-hydrogen) atoms. The molecule has 0 saturated heterocycles. The van der Waals surface area contributed by atoms with Gasteiger partial charge in [0.2, 0.25) is 15.9 Å². The first-order valence-corrected chi connectivity index (χ1v) is 14.1. The molecular weight excluding hydrogens is 514 g/mol. The summed E-state index contributed by atoms with van der Waals surface area (Å²) in [5, 5.41) is 5.57. The van der Waals surface area contributed by atoms with Gasteiger partial charge < -0.3 is 15.4 Å². The quantitative estimate of drug-likeness (QED) is 0.286. The molecule has 2 N–H and O–H groups in total. The van der Waals surface area contributed by atoms with Crippen molar-refractivity contribution in [2.24, 2.45) is 0 Å². The fraction of sp³-hybridized carbons (Fsp3) is 0.133. The van der Waals surface area contributed by atoms with Gasteiger partial charge in [0.1, 0.15) is 17.5 Å². The first-order valence-electron chi connectivity index (χ1n) is 12.3. The zero-order valence-electron chi connectivity index (χ0n) is 21.6. The van der Waals surface area contributed by atoms with Crippen molar-refractivity contribution in [3.05, 3.63) is 120 Å². The normalized spacial score (nSPS) is 11.7. The molecule has 2 amide bonds. The summed E-state index contributed by atoms with van der Waals surface area (Å²) in [5.41, 5.74) is 1.78. The Morgan fingerprint density at radius 3 is 2.00 bits per heavy atom. The summed E-state index contributed by atoms with van der Waals surface area (Å²) in [5.74, 6) is 0.208. The number of ether oxygens (including phenoxy) is 1. The summed E-state index contributed by atoms with van der Waals surface area (Å²) < 4.78 is 32.3. The number of amides is 2. The van der Waals surface area contributed by atoms with E-state index in [2.05, 4.69) is 10.6 Å². The van der Waals surface area contributed by atoms with E-state index in [1.807, 2.05) is 60.7 Å². The lowest BCUT2D eigenvalue weighted by Gasteiger charge is -2.28. The molecule has 0 spiro atoms. The molecule has 4 aromatic rings. The van der Waals surface area contributed by atoms with Gasteiger partial charge in [0.15, 0.2) is 0 Å². The Labute approximate surface area is 228 Å². The number of nitrogens with zero attached hydrogens (tertiary/aromatic N) is 1. The Bertz CT molecular complexity index is 1530. The maximum absolute atomic E-state index is 13.3. The maximum atomic E-state index is 13.3. The zero-order chi connectivity index (χ0) is 27.8. The van der Waals surface area contributed by atoms with Crippen LogP contribution in [-0.4, -0.2) is 32.5 Å². The molecule has 0 radical (unpaired) electrons. The van der Waals surface area contributed by atoms with E-state index in [1.54, 1.807) is 48.5 Å².